The second kappa shape index (κ2) is 6.49. The van der Waals surface area contributed by atoms with Crippen LogP contribution in [0, 0.1) is 0 Å². The van der Waals surface area contributed by atoms with Crippen molar-refractivity contribution in [1.29, 1.82) is 0 Å². The van der Waals surface area contributed by atoms with Gasteiger partial charge in [0.15, 0.2) is 0 Å². The van der Waals surface area contributed by atoms with Crippen LogP contribution >= 0.6 is 11.6 Å². The fraction of sp³-hybridized carbons (Fsp3) is 0. The van der Waals surface area contributed by atoms with E-state index in [1.807, 2.05) is 24.3 Å². The molecule has 0 saturated heterocycles. The predicted molar refractivity (Wildman–Crippen MR) is 113 cm³/mol. The van der Waals surface area contributed by atoms with Crippen molar-refractivity contribution in [3.8, 4) is 22.4 Å². The lowest BCUT2D eigenvalue weighted by Crippen LogP contribution is -1.91. The van der Waals surface area contributed by atoms with Crippen LogP contribution in [0.5, 0.6) is 0 Å². The Labute approximate surface area is 162 Å². The molecule has 5 rings (SSSR count). The minimum Gasteiger partial charge on any atom is -0.218 e. The Balaban J connectivity index is 1.64. The minimum atomic E-state index is 0.266. The maximum absolute atomic E-state index is 6.14. The summed E-state index contributed by atoms with van der Waals surface area (Å²) in [6.45, 7) is 0. The molecule has 27 heavy (non-hydrogen) atoms. The van der Waals surface area contributed by atoms with E-state index < -0.39 is 0 Å². The molecule has 0 bridgehead atoms. The second-order valence-corrected chi connectivity index (χ2v) is 6.80. The SMILES string of the molecule is Clc1nc(-c2ccc(-c3cccc4ccccc34)cc2)c2ccccc2n1. The largest absolute Gasteiger partial charge is 0.223 e. The molecule has 0 radical (unpaired) electrons. The molecule has 0 aliphatic rings. The van der Waals surface area contributed by atoms with Crippen molar-refractivity contribution in [1.82, 2.24) is 9.97 Å². The summed E-state index contributed by atoms with van der Waals surface area (Å²) < 4.78 is 0. The Hall–Kier alpha value is -3.23. The first-order chi connectivity index (χ1) is 13.3. The summed E-state index contributed by atoms with van der Waals surface area (Å²) in [5, 5.41) is 3.76. The van der Waals surface area contributed by atoms with Crippen molar-refractivity contribution in [2.75, 3.05) is 0 Å². The van der Waals surface area contributed by atoms with E-state index in [9.17, 15) is 0 Å². The van der Waals surface area contributed by atoms with Gasteiger partial charge in [0.1, 0.15) is 0 Å². The number of fused-ring (bicyclic) bond motifs is 2. The summed E-state index contributed by atoms with van der Waals surface area (Å²) in [6.07, 6.45) is 0. The van der Waals surface area contributed by atoms with Crippen molar-refractivity contribution < 1.29 is 0 Å². The smallest absolute Gasteiger partial charge is 0.218 e. The number of para-hydroxylation sites is 1. The molecular weight excluding hydrogens is 352 g/mol. The lowest BCUT2D eigenvalue weighted by molar-refractivity contribution is 1.22. The Morgan fingerprint density at radius 3 is 2.07 bits per heavy atom. The fourth-order valence-electron chi connectivity index (χ4n) is 3.55. The first-order valence-corrected chi connectivity index (χ1v) is 9.18. The number of aromatic nitrogens is 2. The third-order valence-electron chi connectivity index (χ3n) is 4.83. The topological polar surface area (TPSA) is 25.8 Å². The summed E-state index contributed by atoms with van der Waals surface area (Å²) in [6, 6.07) is 31.3. The van der Waals surface area contributed by atoms with Gasteiger partial charge in [0.25, 0.3) is 0 Å². The van der Waals surface area contributed by atoms with Gasteiger partial charge < -0.3 is 0 Å². The molecular formula is C24H15ClN2. The molecule has 1 heterocycles. The molecule has 0 aliphatic heterocycles. The van der Waals surface area contributed by atoms with E-state index in [4.69, 9.17) is 11.6 Å². The lowest BCUT2D eigenvalue weighted by Gasteiger charge is -2.09. The molecule has 3 heteroatoms. The van der Waals surface area contributed by atoms with Gasteiger partial charge >= 0.3 is 0 Å². The minimum absolute atomic E-state index is 0.266. The summed E-state index contributed by atoms with van der Waals surface area (Å²) in [5.74, 6) is 0. The lowest BCUT2D eigenvalue weighted by atomic mass is 9.96. The number of hydrogen-bond acceptors (Lipinski definition) is 2. The quantitative estimate of drug-likeness (QED) is 0.322. The maximum Gasteiger partial charge on any atom is 0.223 e. The molecule has 1 aromatic heterocycles. The normalized spacial score (nSPS) is 11.1. The first kappa shape index (κ1) is 16.0. The van der Waals surface area contributed by atoms with Gasteiger partial charge in [-0.2, -0.15) is 0 Å². The van der Waals surface area contributed by atoms with Crippen LogP contribution in [0.15, 0.2) is 91.0 Å². The number of hydrogen-bond donors (Lipinski definition) is 0. The summed E-state index contributed by atoms with van der Waals surface area (Å²) in [4.78, 5) is 8.79. The predicted octanol–water partition coefficient (Wildman–Crippen LogP) is 6.77. The third-order valence-corrected chi connectivity index (χ3v) is 5.00. The van der Waals surface area contributed by atoms with Gasteiger partial charge in [0, 0.05) is 10.9 Å². The van der Waals surface area contributed by atoms with Crippen molar-refractivity contribution in [2.45, 2.75) is 0 Å². The molecule has 0 aliphatic carbocycles. The zero-order chi connectivity index (χ0) is 18.2. The Morgan fingerprint density at radius 1 is 0.556 bits per heavy atom. The molecule has 5 aromatic rings. The zero-order valence-electron chi connectivity index (χ0n) is 14.4. The van der Waals surface area contributed by atoms with E-state index in [1.54, 1.807) is 0 Å². The summed E-state index contributed by atoms with van der Waals surface area (Å²) in [5.41, 5.74) is 5.14. The highest BCUT2D eigenvalue weighted by Gasteiger charge is 2.10. The van der Waals surface area contributed by atoms with E-state index in [-0.39, 0.29) is 5.28 Å². The summed E-state index contributed by atoms with van der Waals surface area (Å²) >= 11 is 6.14. The van der Waals surface area contributed by atoms with Gasteiger partial charge in [-0.3, -0.25) is 0 Å². The van der Waals surface area contributed by atoms with Crippen molar-refractivity contribution in [3.05, 3.63) is 96.3 Å². The van der Waals surface area contributed by atoms with E-state index >= 15 is 0 Å². The average molecular weight is 367 g/mol. The van der Waals surface area contributed by atoms with Gasteiger partial charge in [0.05, 0.1) is 11.2 Å². The molecule has 0 spiro atoms. The second-order valence-electron chi connectivity index (χ2n) is 6.46. The highest BCUT2D eigenvalue weighted by atomic mass is 35.5. The van der Waals surface area contributed by atoms with Gasteiger partial charge in [-0.25, -0.2) is 9.97 Å². The molecule has 0 amide bonds. The monoisotopic (exact) mass is 366 g/mol. The molecule has 2 nitrogen and oxygen atoms in total. The van der Waals surface area contributed by atoms with E-state index in [0.717, 1.165) is 22.2 Å². The maximum atomic E-state index is 6.14. The highest BCUT2D eigenvalue weighted by Crippen LogP contribution is 2.32. The number of rotatable bonds is 2. The van der Waals surface area contributed by atoms with Crippen LogP contribution in [0.2, 0.25) is 5.28 Å². The van der Waals surface area contributed by atoms with Crippen LogP contribution < -0.4 is 0 Å². The third kappa shape index (κ3) is 2.84. The van der Waals surface area contributed by atoms with Gasteiger partial charge in [-0.05, 0) is 39.6 Å². The van der Waals surface area contributed by atoms with Crippen LogP contribution in [-0.4, -0.2) is 9.97 Å². The molecule has 4 aromatic carbocycles. The Bertz CT molecular complexity index is 1270. The van der Waals surface area contributed by atoms with Gasteiger partial charge in [0.2, 0.25) is 5.28 Å². The zero-order valence-corrected chi connectivity index (χ0v) is 15.2. The molecule has 0 fully saturated rings. The molecule has 0 atom stereocenters. The molecule has 0 unspecified atom stereocenters. The Morgan fingerprint density at radius 2 is 1.22 bits per heavy atom. The standard InChI is InChI=1S/C24H15ClN2/c25-24-26-22-11-4-3-9-21(22)23(27-24)18-14-12-17(13-15-18)20-10-5-7-16-6-1-2-8-19(16)20/h1-15H. The number of benzene rings is 4. The van der Waals surface area contributed by atoms with Crippen LogP contribution in [0.3, 0.4) is 0 Å². The number of nitrogens with zero attached hydrogens (tertiary/aromatic N) is 2. The van der Waals surface area contributed by atoms with Crippen molar-refractivity contribution in [3.63, 3.8) is 0 Å². The highest BCUT2D eigenvalue weighted by molar-refractivity contribution is 6.28. The molecule has 128 valence electrons. The van der Waals surface area contributed by atoms with Crippen molar-refractivity contribution in [2.24, 2.45) is 0 Å². The van der Waals surface area contributed by atoms with Crippen LogP contribution in [0.25, 0.3) is 44.1 Å². The van der Waals surface area contributed by atoms with Crippen LogP contribution in [0.4, 0.5) is 0 Å². The van der Waals surface area contributed by atoms with E-state index in [0.29, 0.717) is 0 Å². The van der Waals surface area contributed by atoms with Crippen molar-refractivity contribution >= 4 is 33.3 Å². The first-order valence-electron chi connectivity index (χ1n) is 8.80. The molecule has 0 saturated carbocycles. The van der Waals surface area contributed by atoms with E-state index in [1.165, 1.54) is 21.9 Å². The van der Waals surface area contributed by atoms with Crippen LogP contribution in [-0.2, 0) is 0 Å². The van der Waals surface area contributed by atoms with Crippen LogP contribution in [0.1, 0.15) is 0 Å². The van der Waals surface area contributed by atoms with E-state index in [2.05, 4.69) is 76.7 Å². The fourth-order valence-corrected chi connectivity index (χ4v) is 3.73. The molecule has 0 N–H and O–H groups in total. The number of halogens is 1. The average Bonchev–Trinajstić information content (AvgIpc) is 2.73. The van der Waals surface area contributed by atoms with Gasteiger partial charge in [-0.1, -0.05) is 84.9 Å². The van der Waals surface area contributed by atoms with Gasteiger partial charge in [-0.15, -0.1) is 0 Å². The Kier molecular flexibility index (Phi) is 3.84. The summed E-state index contributed by atoms with van der Waals surface area (Å²) in [7, 11) is 0.